The van der Waals surface area contributed by atoms with Gasteiger partial charge < -0.3 is 15.0 Å². The van der Waals surface area contributed by atoms with Crippen LogP contribution >= 0.6 is 0 Å². The molecule has 0 aromatic heterocycles. The molecule has 5 heteroatoms. The van der Waals surface area contributed by atoms with Crippen LogP contribution < -0.4 is 5.32 Å². The second-order valence-electron chi connectivity index (χ2n) is 7.81. The highest BCUT2D eigenvalue weighted by Crippen LogP contribution is 2.46. The van der Waals surface area contributed by atoms with Crippen molar-refractivity contribution in [2.75, 3.05) is 20.3 Å². The Kier molecular flexibility index (Phi) is 5.80. The van der Waals surface area contributed by atoms with E-state index >= 15 is 0 Å². The number of fused-ring (bicyclic) bond motifs is 1. The Bertz CT molecular complexity index is 462. The monoisotopic (exact) mass is 336 g/mol. The van der Waals surface area contributed by atoms with Crippen LogP contribution in [0, 0.1) is 5.41 Å². The number of amides is 2. The molecule has 3 fully saturated rings. The molecule has 0 aromatic carbocycles. The van der Waals surface area contributed by atoms with Crippen molar-refractivity contribution >= 4 is 11.8 Å². The minimum Gasteiger partial charge on any atom is -0.383 e. The summed E-state index contributed by atoms with van der Waals surface area (Å²) in [4.78, 5) is 27.7. The van der Waals surface area contributed by atoms with Crippen LogP contribution in [0.15, 0.2) is 0 Å². The maximum absolute atomic E-state index is 13.3. The first-order valence-electron chi connectivity index (χ1n) is 9.77. The van der Waals surface area contributed by atoms with Crippen LogP contribution in [0.1, 0.15) is 70.6 Å². The zero-order valence-corrected chi connectivity index (χ0v) is 15.0. The van der Waals surface area contributed by atoms with Gasteiger partial charge in [-0.1, -0.05) is 32.1 Å². The summed E-state index contributed by atoms with van der Waals surface area (Å²) < 4.78 is 5.19. The maximum atomic E-state index is 13.3. The van der Waals surface area contributed by atoms with Crippen LogP contribution in [0.25, 0.3) is 0 Å². The van der Waals surface area contributed by atoms with Gasteiger partial charge in [0, 0.05) is 32.2 Å². The molecular formula is C19H32N2O3. The van der Waals surface area contributed by atoms with Crippen LogP contribution in [0.3, 0.4) is 0 Å². The van der Waals surface area contributed by atoms with Gasteiger partial charge in [-0.25, -0.2) is 0 Å². The van der Waals surface area contributed by atoms with Crippen LogP contribution in [0.2, 0.25) is 0 Å². The summed E-state index contributed by atoms with van der Waals surface area (Å²) in [5, 5.41) is 3.36. The Morgan fingerprint density at radius 3 is 2.67 bits per heavy atom. The summed E-state index contributed by atoms with van der Waals surface area (Å²) in [6, 6.07) is 0.402. The van der Waals surface area contributed by atoms with Crippen molar-refractivity contribution in [2.45, 2.75) is 82.7 Å². The number of hydrogen-bond donors (Lipinski definition) is 1. The molecule has 2 saturated carbocycles. The smallest absolute Gasteiger partial charge is 0.228 e. The SMILES string of the molecule is COCCN1C(=O)CC[C@]2(C(=O)NC3CCCCC3)CCCC[C@@H]12. The van der Waals surface area contributed by atoms with Gasteiger partial charge in [0.2, 0.25) is 11.8 Å². The standard InChI is InChI=1S/C19H32N2O3/c1-24-14-13-21-16-9-5-6-11-19(16,12-10-17(21)22)18(23)20-15-7-3-2-4-8-15/h15-16H,2-14H2,1H3,(H,20,23)/t16-,19-/m1/s1. The lowest BCUT2D eigenvalue weighted by Crippen LogP contribution is -2.63. The van der Waals surface area contributed by atoms with Crippen LogP contribution in [0.4, 0.5) is 0 Å². The Hall–Kier alpha value is -1.10. The van der Waals surface area contributed by atoms with Gasteiger partial charge in [-0.15, -0.1) is 0 Å². The molecule has 0 bridgehead atoms. The molecule has 0 spiro atoms. The van der Waals surface area contributed by atoms with Crippen LogP contribution in [0.5, 0.6) is 0 Å². The third kappa shape index (κ3) is 3.46. The van der Waals surface area contributed by atoms with E-state index in [-0.39, 0.29) is 23.3 Å². The number of hydrogen-bond acceptors (Lipinski definition) is 3. The third-order valence-electron chi connectivity index (χ3n) is 6.40. The van der Waals surface area contributed by atoms with E-state index in [0.717, 1.165) is 44.9 Å². The van der Waals surface area contributed by atoms with Crippen molar-refractivity contribution in [3.05, 3.63) is 0 Å². The minimum atomic E-state index is -0.364. The van der Waals surface area contributed by atoms with E-state index in [4.69, 9.17) is 4.74 Å². The molecule has 1 aliphatic heterocycles. The number of carbonyl (C=O) groups is 2. The lowest BCUT2D eigenvalue weighted by atomic mass is 9.64. The summed E-state index contributed by atoms with van der Waals surface area (Å²) in [6.07, 6.45) is 11.3. The predicted octanol–water partition coefficient (Wildman–Crippen LogP) is 2.63. The number of nitrogens with zero attached hydrogens (tertiary/aromatic N) is 1. The van der Waals surface area contributed by atoms with E-state index in [1.807, 2.05) is 4.90 Å². The highest BCUT2D eigenvalue weighted by Gasteiger charge is 2.53. The minimum absolute atomic E-state index is 0.0613. The molecule has 3 rings (SSSR count). The van der Waals surface area contributed by atoms with E-state index in [2.05, 4.69) is 5.32 Å². The quantitative estimate of drug-likeness (QED) is 0.839. The molecule has 5 nitrogen and oxygen atoms in total. The fourth-order valence-electron chi connectivity index (χ4n) is 5.04. The molecule has 2 amide bonds. The number of piperidine rings is 1. The van der Waals surface area contributed by atoms with Gasteiger partial charge in [0.1, 0.15) is 0 Å². The van der Waals surface area contributed by atoms with E-state index in [0.29, 0.717) is 25.6 Å². The Morgan fingerprint density at radius 1 is 1.17 bits per heavy atom. The molecule has 0 aromatic rings. The van der Waals surface area contributed by atoms with Gasteiger partial charge >= 0.3 is 0 Å². The van der Waals surface area contributed by atoms with Gasteiger partial charge in [0.05, 0.1) is 12.0 Å². The number of carbonyl (C=O) groups excluding carboxylic acids is 2. The summed E-state index contributed by atoms with van der Waals surface area (Å²) in [5.74, 6) is 0.411. The predicted molar refractivity (Wildman–Crippen MR) is 92.5 cm³/mol. The molecule has 136 valence electrons. The number of rotatable bonds is 5. The molecule has 1 heterocycles. The summed E-state index contributed by atoms with van der Waals surface area (Å²) in [5.41, 5.74) is -0.364. The topological polar surface area (TPSA) is 58.6 Å². The van der Waals surface area contributed by atoms with Crippen molar-refractivity contribution in [3.63, 3.8) is 0 Å². The van der Waals surface area contributed by atoms with Crippen molar-refractivity contribution < 1.29 is 14.3 Å². The Morgan fingerprint density at radius 2 is 1.92 bits per heavy atom. The van der Waals surface area contributed by atoms with Gasteiger partial charge in [-0.05, 0) is 32.1 Å². The molecule has 2 aliphatic carbocycles. The Balaban J connectivity index is 1.75. The second-order valence-corrected chi connectivity index (χ2v) is 7.81. The Labute approximate surface area is 145 Å². The third-order valence-corrected chi connectivity index (χ3v) is 6.40. The molecule has 1 N–H and O–H groups in total. The first kappa shape index (κ1) is 17.7. The van der Waals surface area contributed by atoms with Crippen molar-refractivity contribution in [2.24, 2.45) is 5.41 Å². The molecule has 0 unspecified atom stereocenters. The van der Waals surface area contributed by atoms with Gasteiger partial charge in [0.25, 0.3) is 0 Å². The number of nitrogens with one attached hydrogen (secondary N) is 1. The van der Waals surface area contributed by atoms with Crippen molar-refractivity contribution in [1.82, 2.24) is 10.2 Å². The van der Waals surface area contributed by atoms with Gasteiger partial charge in [-0.3, -0.25) is 9.59 Å². The largest absolute Gasteiger partial charge is 0.383 e. The molecule has 2 atom stereocenters. The van der Waals surface area contributed by atoms with Crippen molar-refractivity contribution in [1.29, 1.82) is 0 Å². The average molecular weight is 336 g/mol. The molecule has 0 radical (unpaired) electrons. The first-order valence-corrected chi connectivity index (χ1v) is 9.77. The van der Waals surface area contributed by atoms with Crippen LogP contribution in [-0.4, -0.2) is 49.1 Å². The van der Waals surface area contributed by atoms with E-state index in [1.165, 1.54) is 19.3 Å². The van der Waals surface area contributed by atoms with Gasteiger partial charge in [-0.2, -0.15) is 0 Å². The number of ether oxygens (including phenoxy) is 1. The number of likely N-dealkylation sites (tertiary alicyclic amines) is 1. The average Bonchev–Trinajstić information content (AvgIpc) is 2.62. The summed E-state index contributed by atoms with van der Waals surface area (Å²) >= 11 is 0. The highest BCUT2D eigenvalue weighted by molar-refractivity contribution is 5.88. The fourth-order valence-corrected chi connectivity index (χ4v) is 5.04. The lowest BCUT2D eigenvalue weighted by molar-refractivity contribution is -0.156. The zero-order valence-electron chi connectivity index (χ0n) is 15.0. The van der Waals surface area contributed by atoms with E-state index < -0.39 is 0 Å². The molecule has 1 saturated heterocycles. The lowest BCUT2D eigenvalue weighted by Gasteiger charge is -2.51. The zero-order chi connectivity index (χ0) is 17.0. The first-order chi connectivity index (χ1) is 11.7. The van der Waals surface area contributed by atoms with Gasteiger partial charge in [0.15, 0.2) is 0 Å². The van der Waals surface area contributed by atoms with Crippen LogP contribution in [-0.2, 0) is 14.3 Å². The molecule has 3 aliphatic rings. The maximum Gasteiger partial charge on any atom is 0.228 e. The summed E-state index contributed by atoms with van der Waals surface area (Å²) in [6.45, 7) is 1.15. The fraction of sp³-hybridized carbons (Fsp3) is 0.895. The van der Waals surface area contributed by atoms with Crippen molar-refractivity contribution in [3.8, 4) is 0 Å². The normalized spacial score (nSPS) is 31.6. The van der Waals surface area contributed by atoms with E-state index in [1.54, 1.807) is 7.11 Å². The summed E-state index contributed by atoms with van der Waals surface area (Å²) in [7, 11) is 1.67. The van der Waals surface area contributed by atoms with E-state index in [9.17, 15) is 9.59 Å². The highest BCUT2D eigenvalue weighted by atomic mass is 16.5. The molecule has 24 heavy (non-hydrogen) atoms. The number of methoxy groups -OCH3 is 1. The second kappa shape index (κ2) is 7.85. The molecular weight excluding hydrogens is 304 g/mol.